The molecule has 1 saturated heterocycles. The van der Waals surface area contributed by atoms with Gasteiger partial charge in [0.2, 0.25) is 0 Å². The second-order valence-electron chi connectivity index (χ2n) is 4.56. The molecule has 3 rings (SSSR count). The molecule has 0 radical (unpaired) electrons. The number of hydrogen-bond donors (Lipinski definition) is 1. The lowest BCUT2D eigenvalue weighted by molar-refractivity contribution is -0.140. The van der Waals surface area contributed by atoms with E-state index in [1.165, 1.54) is 11.8 Å². The average Bonchev–Trinajstić information content (AvgIpc) is 2.91. The van der Waals surface area contributed by atoms with E-state index < -0.39 is 12.5 Å². The number of benzene rings is 1. The summed E-state index contributed by atoms with van der Waals surface area (Å²) in [6, 6.07) is 5.51. The number of aliphatic carboxylic acids is 1. The second-order valence-corrected chi connectivity index (χ2v) is 7.67. The number of amides is 1. The lowest BCUT2D eigenvalue weighted by Crippen LogP contribution is -2.33. The first-order chi connectivity index (χ1) is 10.4. The van der Waals surface area contributed by atoms with Crippen LogP contribution in [0, 0.1) is 0 Å². The van der Waals surface area contributed by atoms with E-state index in [-0.39, 0.29) is 10.2 Å². The summed E-state index contributed by atoms with van der Waals surface area (Å²) in [5.74, 6) is -1.46. The van der Waals surface area contributed by atoms with Crippen LogP contribution in [0.25, 0.3) is 0 Å². The maximum absolute atomic E-state index is 12.4. The fourth-order valence-electron chi connectivity index (χ4n) is 2.12. The molecule has 1 N–H and O–H groups in total. The molecule has 0 unspecified atom stereocenters. The highest BCUT2D eigenvalue weighted by molar-refractivity contribution is 8.27. The van der Waals surface area contributed by atoms with Crippen molar-refractivity contribution >= 4 is 69.2 Å². The Kier molecular flexibility index (Phi) is 4.11. The number of thioether (sulfide) groups is 2. The number of carbonyl (C=O) groups is 2. The lowest BCUT2D eigenvalue weighted by Gasteiger charge is -2.15. The van der Waals surface area contributed by atoms with Crippen LogP contribution in [-0.4, -0.2) is 39.8 Å². The average molecular weight is 373 g/mol. The van der Waals surface area contributed by atoms with Crippen molar-refractivity contribution in [3.63, 3.8) is 0 Å². The molecule has 1 fully saturated rings. The van der Waals surface area contributed by atoms with Crippen LogP contribution in [0.1, 0.15) is 0 Å². The Balaban J connectivity index is 1.98. The van der Waals surface area contributed by atoms with Crippen molar-refractivity contribution in [2.75, 3.05) is 18.5 Å². The third kappa shape index (κ3) is 2.60. The maximum atomic E-state index is 12.4. The highest BCUT2D eigenvalue weighted by Crippen LogP contribution is 2.50. The highest BCUT2D eigenvalue weighted by atomic mass is 35.5. The van der Waals surface area contributed by atoms with Crippen LogP contribution in [0.5, 0.6) is 0 Å². The minimum Gasteiger partial charge on any atom is -0.480 e. The molecule has 5 nitrogen and oxygen atoms in total. The van der Waals surface area contributed by atoms with Gasteiger partial charge in [0.05, 0.1) is 10.7 Å². The Bertz CT molecular complexity index is 750. The third-order valence-electron chi connectivity index (χ3n) is 3.13. The highest BCUT2D eigenvalue weighted by Gasteiger charge is 2.38. The molecule has 1 amide bonds. The van der Waals surface area contributed by atoms with Gasteiger partial charge in [-0.2, -0.15) is 0 Å². The Labute approximate surface area is 145 Å². The monoisotopic (exact) mass is 372 g/mol. The molecule has 2 aliphatic rings. The molecule has 0 saturated carbocycles. The van der Waals surface area contributed by atoms with Crippen molar-refractivity contribution in [3.05, 3.63) is 33.2 Å². The molecule has 0 aliphatic carbocycles. The van der Waals surface area contributed by atoms with Gasteiger partial charge in [-0.25, -0.2) is 0 Å². The van der Waals surface area contributed by atoms with Crippen LogP contribution < -0.4 is 4.90 Å². The topological polar surface area (TPSA) is 60.9 Å². The summed E-state index contributed by atoms with van der Waals surface area (Å²) in [5, 5.41) is 10.2. The molecule has 1 aromatic rings. The minimum absolute atomic E-state index is 0.262. The summed E-state index contributed by atoms with van der Waals surface area (Å²) in [6.07, 6.45) is 0. The molecule has 22 heavy (non-hydrogen) atoms. The molecule has 114 valence electrons. The van der Waals surface area contributed by atoms with Crippen LogP contribution in [0.4, 0.5) is 5.69 Å². The first kappa shape index (κ1) is 15.7. The Hall–Kier alpha value is -1.22. The quantitative estimate of drug-likeness (QED) is 0.632. The van der Waals surface area contributed by atoms with Gasteiger partial charge in [0.1, 0.15) is 15.8 Å². The van der Waals surface area contributed by atoms with Gasteiger partial charge in [-0.05, 0) is 18.2 Å². The van der Waals surface area contributed by atoms with Crippen molar-refractivity contribution in [2.24, 2.45) is 0 Å². The van der Waals surface area contributed by atoms with Crippen molar-refractivity contribution in [2.45, 2.75) is 4.90 Å². The van der Waals surface area contributed by atoms with Gasteiger partial charge >= 0.3 is 5.97 Å². The Morgan fingerprint density at radius 3 is 2.82 bits per heavy atom. The van der Waals surface area contributed by atoms with Gasteiger partial charge in [-0.1, -0.05) is 47.3 Å². The van der Waals surface area contributed by atoms with E-state index in [1.54, 1.807) is 6.07 Å². The standard InChI is InChI=1S/C13H9ClN2O3S3/c1-15-7-4-6(14)2-3-8(7)21-12(15)10-11(19)16(5-9(17)18)13(20)22-10/h2-4H,5H2,1H3,(H,17,18). The van der Waals surface area contributed by atoms with Gasteiger partial charge in [-0.3, -0.25) is 14.5 Å². The second kappa shape index (κ2) is 5.77. The third-order valence-corrected chi connectivity index (χ3v) is 6.17. The van der Waals surface area contributed by atoms with Gasteiger partial charge in [-0.15, -0.1) is 0 Å². The molecule has 2 heterocycles. The van der Waals surface area contributed by atoms with E-state index in [2.05, 4.69) is 0 Å². The van der Waals surface area contributed by atoms with Crippen LogP contribution in [-0.2, 0) is 9.59 Å². The maximum Gasteiger partial charge on any atom is 0.323 e. The van der Waals surface area contributed by atoms with Crippen molar-refractivity contribution in [1.82, 2.24) is 4.90 Å². The number of thiocarbonyl (C=S) groups is 1. The molecule has 0 atom stereocenters. The van der Waals surface area contributed by atoms with Crippen molar-refractivity contribution in [1.29, 1.82) is 0 Å². The van der Waals surface area contributed by atoms with Gasteiger partial charge < -0.3 is 10.0 Å². The summed E-state index contributed by atoms with van der Waals surface area (Å²) < 4.78 is 0.262. The van der Waals surface area contributed by atoms with E-state index in [9.17, 15) is 9.59 Å². The van der Waals surface area contributed by atoms with Crippen LogP contribution in [0.3, 0.4) is 0 Å². The normalized spacial score (nSPS) is 20.8. The zero-order valence-electron chi connectivity index (χ0n) is 11.2. The molecule has 0 bridgehead atoms. The van der Waals surface area contributed by atoms with E-state index in [0.717, 1.165) is 32.3 Å². The predicted molar refractivity (Wildman–Crippen MR) is 92.3 cm³/mol. The number of carboxylic acid groups (broad SMARTS) is 1. The number of rotatable bonds is 2. The number of hydrogen-bond acceptors (Lipinski definition) is 6. The fourth-order valence-corrected chi connectivity index (χ4v) is 4.85. The molecule has 0 aromatic heterocycles. The lowest BCUT2D eigenvalue weighted by atomic mass is 10.3. The smallest absolute Gasteiger partial charge is 0.323 e. The van der Waals surface area contributed by atoms with Crippen LogP contribution in [0.15, 0.2) is 33.0 Å². The predicted octanol–water partition coefficient (Wildman–Crippen LogP) is 3.00. The molecular formula is C13H9ClN2O3S3. The zero-order valence-corrected chi connectivity index (χ0v) is 14.4. The molecule has 0 spiro atoms. The van der Waals surface area contributed by atoms with Crippen LogP contribution in [0.2, 0.25) is 5.02 Å². The Morgan fingerprint density at radius 2 is 2.14 bits per heavy atom. The zero-order chi connectivity index (χ0) is 16.0. The SMILES string of the molecule is CN1C(=C2SC(=S)N(CC(=O)O)C2=O)Sc2ccc(Cl)cc21. The molecule has 1 aromatic carbocycles. The van der Waals surface area contributed by atoms with E-state index >= 15 is 0 Å². The van der Waals surface area contributed by atoms with Gasteiger partial charge in [0, 0.05) is 17.0 Å². The largest absolute Gasteiger partial charge is 0.480 e. The van der Waals surface area contributed by atoms with Gasteiger partial charge in [0.15, 0.2) is 0 Å². The Morgan fingerprint density at radius 1 is 1.41 bits per heavy atom. The van der Waals surface area contributed by atoms with E-state index in [4.69, 9.17) is 28.9 Å². The van der Waals surface area contributed by atoms with E-state index in [1.807, 2.05) is 24.1 Å². The first-order valence-corrected chi connectivity index (χ1v) is 8.51. The number of carboxylic acids is 1. The fraction of sp³-hybridized carbons (Fsp3) is 0.154. The minimum atomic E-state index is -1.09. The number of halogens is 1. The first-order valence-electron chi connectivity index (χ1n) is 6.09. The van der Waals surface area contributed by atoms with Crippen molar-refractivity contribution < 1.29 is 14.7 Å². The number of anilines is 1. The van der Waals surface area contributed by atoms with Gasteiger partial charge in [0.25, 0.3) is 5.91 Å². The molecular weight excluding hydrogens is 364 g/mol. The summed E-state index contributed by atoms with van der Waals surface area (Å²) in [5.41, 5.74) is 0.913. The number of nitrogens with zero attached hydrogens (tertiary/aromatic N) is 2. The van der Waals surface area contributed by atoms with E-state index in [0.29, 0.717) is 9.93 Å². The summed E-state index contributed by atoms with van der Waals surface area (Å²) >= 11 is 13.7. The summed E-state index contributed by atoms with van der Waals surface area (Å²) in [6.45, 7) is -0.422. The van der Waals surface area contributed by atoms with Crippen molar-refractivity contribution in [3.8, 4) is 0 Å². The molecule has 9 heteroatoms. The summed E-state index contributed by atoms with van der Waals surface area (Å²) in [7, 11) is 1.84. The number of carbonyl (C=O) groups excluding carboxylic acids is 1. The summed E-state index contributed by atoms with van der Waals surface area (Å²) in [4.78, 5) is 27.7. The van der Waals surface area contributed by atoms with Crippen LogP contribution >= 0.6 is 47.3 Å². The number of fused-ring (bicyclic) bond motifs is 1. The molecule has 2 aliphatic heterocycles.